The van der Waals surface area contributed by atoms with E-state index >= 15 is 0 Å². The van der Waals surface area contributed by atoms with Crippen LogP contribution < -0.4 is 0 Å². The van der Waals surface area contributed by atoms with Crippen LogP contribution in [0.3, 0.4) is 0 Å². The first-order valence-corrected chi connectivity index (χ1v) is 10.9. The average molecular weight is 406 g/mol. The Morgan fingerprint density at radius 3 is 2.23 bits per heavy atom. The Hall–Kier alpha value is -2.88. The van der Waals surface area contributed by atoms with Crippen LogP contribution in [0.15, 0.2) is 73.3 Å². The lowest BCUT2D eigenvalue weighted by Crippen LogP contribution is -2.45. The van der Waals surface area contributed by atoms with Crippen LogP contribution in [0.4, 0.5) is 4.79 Å². The highest BCUT2D eigenvalue weighted by atomic mass is 16.6. The van der Waals surface area contributed by atoms with Crippen molar-refractivity contribution in [2.24, 2.45) is 5.92 Å². The van der Waals surface area contributed by atoms with Crippen molar-refractivity contribution in [2.75, 3.05) is 6.61 Å². The molecule has 1 saturated heterocycles. The minimum Gasteiger partial charge on any atom is -0.447 e. The summed E-state index contributed by atoms with van der Waals surface area (Å²) in [6, 6.07) is 19.7. The predicted octanol–water partition coefficient (Wildman–Crippen LogP) is 5.94. The minimum atomic E-state index is -0.536. The molecule has 4 heteroatoms. The third-order valence-corrected chi connectivity index (χ3v) is 5.80. The van der Waals surface area contributed by atoms with Crippen molar-refractivity contribution in [1.82, 2.24) is 4.90 Å². The third kappa shape index (κ3) is 4.99. The molecule has 4 nitrogen and oxygen atoms in total. The Kier molecular flexibility index (Phi) is 7.83. The van der Waals surface area contributed by atoms with Gasteiger partial charge in [0.2, 0.25) is 5.91 Å². The zero-order chi connectivity index (χ0) is 21.3. The number of imide groups is 1. The molecule has 3 rings (SSSR count). The Bertz CT molecular complexity index is 794. The lowest BCUT2D eigenvalue weighted by Gasteiger charge is -2.30. The topological polar surface area (TPSA) is 46.6 Å². The van der Waals surface area contributed by atoms with Crippen LogP contribution >= 0.6 is 0 Å². The fourth-order valence-electron chi connectivity index (χ4n) is 4.27. The molecule has 1 heterocycles. The maximum absolute atomic E-state index is 13.5. The second-order valence-corrected chi connectivity index (χ2v) is 7.87. The molecule has 1 aliphatic rings. The Balaban J connectivity index is 1.94. The van der Waals surface area contributed by atoms with Crippen molar-refractivity contribution in [3.05, 3.63) is 84.4 Å². The highest BCUT2D eigenvalue weighted by Gasteiger charge is 2.45. The summed E-state index contributed by atoms with van der Waals surface area (Å²) in [5.74, 6) is -0.521. The van der Waals surface area contributed by atoms with E-state index in [9.17, 15) is 9.59 Å². The summed E-state index contributed by atoms with van der Waals surface area (Å²) in [5.41, 5.74) is 2.13. The summed E-state index contributed by atoms with van der Waals surface area (Å²) in [7, 11) is 0. The molecule has 0 unspecified atom stereocenters. The van der Waals surface area contributed by atoms with E-state index in [1.807, 2.05) is 60.7 Å². The van der Waals surface area contributed by atoms with Gasteiger partial charge in [0.15, 0.2) is 0 Å². The highest BCUT2D eigenvalue weighted by molar-refractivity contribution is 5.95. The van der Waals surface area contributed by atoms with Crippen molar-refractivity contribution in [3.63, 3.8) is 0 Å². The molecular formula is C26H31NO3. The van der Waals surface area contributed by atoms with E-state index < -0.39 is 6.09 Å². The van der Waals surface area contributed by atoms with Gasteiger partial charge in [-0.1, -0.05) is 92.9 Å². The summed E-state index contributed by atoms with van der Waals surface area (Å²) in [4.78, 5) is 27.6. The largest absolute Gasteiger partial charge is 0.447 e. The molecule has 2 amide bonds. The molecule has 0 aliphatic carbocycles. The Labute approximate surface area is 179 Å². The molecule has 158 valence electrons. The van der Waals surface area contributed by atoms with Gasteiger partial charge in [-0.15, -0.1) is 6.58 Å². The van der Waals surface area contributed by atoms with E-state index in [4.69, 9.17) is 4.74 Å². The van der Waals surface area contributed by atoms with Crippen LogP contribution in [0.1, 0.15) is 56.1 Å². The number of allylic oxidation sites excluding steroid dienone is 1. The monoisotopic (exact) mass is 405 g/mol. The molecule has 0 saturated carbocycles. The van der Waals surface area contributed by atoms with Crippen LogP contribution in [0, 0.1) is 5.92 Å². The normalized spacial score (nSPS) is 17.1. The number of hydrogen-bond donors (Lipinski definition) is 0. The van der Waals surface area contributed by atoms with Gasteiger partial charge in [-0.3, -0.25) is 4.79 Å². The van der Waals surface area contributed by atoms with Crippen molar-refractivity contribution in [3.8, 4) is 0 Å². The first-order valence-electron chi connectivity index (χ1n) is 10.9. The van der Waals surface area contributed by atoms with E-state index in [2.05, 4.69) is 13.5 Å². The van der Waals surface area contributed by atoms with Crippen LogP contribution in [0.2, 0.25) is 0 Å². The number of unbranched alkanes of at least 4 members (excludes halogenated alkanes) is 2. The minimum absolute atomic E-state index is 0.136. The van der Waals surface area contributed by atoms with E-state index in [1.54, 1.807) is 6.08 Å². The van der Waals surface area contributed by atoms with Gasteiger partial charge in [0, 0.05) is 11.8 Å². The van der Waals surface area contributed by atoms with E-state index in [1.165, 1.54) is 4.90 Å². The number of amides is 2. The molecule has 0 N–H and O–H groups in total. The Morgan fingerprint density at radius 1 is 1.10 bits per heavy atom. The summed E-state index contributed by atoms with van der Waals surface area (Å²) >= 11 is 0. The lowest BCUT2D eigenvalue weighted by molar-refractivity contribution is -0.133. The standard InChI is InChI=1S/C26H31NO3/c1-3-5-8-18-22(13-4-2)25(28)27-23(19-30-26(27)29)24(20-14-9-6-10-15-20)21-16-11-7-12-17-21/h4,6-7,9-12,14-17,22-24H,2-3,5,8,13,18-19H2,1H3/t22-,23+/m1/s1. The maximum atomic E-state index is 13.5. The molecule has 2 aromatic carbocycles. The molecule has 0 aromatic heterocycles. The molecule has 1 fully saturated rings. The van der Waals surface area contributed by atoms with Crippen molar-refractivity contribution >= 4 is 12.0 Å². The van der Waals surface area contributed by atoms with Gasteiger partial charge in [-0.25, -0.2) is 9.69 Å². The van der Waals surface area contributed by atoms with Crippen molar-refractivity contribution in [1.29, 1.82) is 0 Å². The van der Waals surface area contributed by atoms with Gasteiger partial charge in [0.1, 0.15) is 6.61 Å². The second-order valence-electron chi connectivity index (χ2n) is 7.87. The quantitative estimate of drug-likeness (QED) is 0.363. The molecular weight excluding hydrogens is 374 g/mol. The number of carbonyl (C=O) groups is 2. The van der Waals surface area contributed by atoms with Gasteiger partial charge >= 0.3 is 6.09 Å². The Morgan fingerprint density at radius 2 is 1.70 bits per heavy atom. The lowest BCUT2D eigenvalue weighted by atomic mass is 9.84. The fraction of sp³-hybridized carbons (Fsp3) is 0.385. The third-order valence-electron chi connectivity index (χ3n) is 5.80. The predicted molar refractivity (Wildman–Crippen MR) is 119 cm³/mol. The summed E-state index contributed by atoms with van der Waals surface area (Å²) in [6.45, 7) is 6.16. The summed E-state index contributed by atoms with van der Waals surface area (Å²) in [5, 5.41) is 0. The van der Waals surface area contributed by atoms with Crippen LogP contribution in [0.25, 0.3) is 0 Å². The SMILES string of the molecule is C=CC[C@H](CCCCC)C(=O)N1C(=O)OC[C@H]1C(c1ccccc1)c1ccccc1. The molecule has 0 radical (unpaired) electrons. The number of ether oxygens (including phenoxy) is 1. The second kappa shape index (κ2) is 10.8. The number of nitrogens with zero attached hydrogens (tertiary/aromatic N) is 1. The molecule has 30 heavy (non-hydrogen) atoms. The van der Waals surface area contributed by atoms with E-state index in [0.29, 0.717) is 6.42 Å². The number of carbonyl (C=O) groups excluding carboxylic acids is 2. The first-order chi connectivity index (χ1) is 14.7. The van der Waals surface area contributed by atoms with Crippen molar-refractivity contribution in [2.45, 2.75) is 51.0 Å². The van der Waals surface area contributed by atoms with E-state index in [0.717, 1.165) is 36.8 Å². The summed E-state index contributed by atoms with van der Waals surface area (Å²) < 4.78 is 5.42. The molecule has 0 spiro atoms. The van der Waals surface area contributed by atoms with Crippen LogP contribution in [-0.2, 0) is 9.53 Å². The van der Waals surface area contributed by atoms with Crippen LogP contribution in [-0.4, -0.2) is 29.5 Å². The van der Waals surface area contributed by atoms with E-state index in [-0.39, 0.29) is 30.4 Å². The smallest absolute Gasteiger partial charge is 0.417 e. The van der Waals surface area contributed by atoms with Gasteiger partial charge in [-0.2, -0.15) is 0 Å². The molecule has 1 aliphatic heterocycles. The van der Waals surface area contributed by atoms with Gasteiger partial charge in [-0.05, 0) is 24.0 Å². The maximum Gasteiger partial charge on any atom is 0.417 e. The number of hydrogen-bond acceptors (Lipinski definition) is 3. The first kappa shape index (κ1) is 21.8. The molecule has 2 aromatic rings. The van der Waals surface area contributed by atoms with Crippen molar-refractivity contribution < 1.29 is 14.3 Å². The molecule has 0 bridgehead atoms. The van der Waals surface area contributed by atoms with Gasteiger partial charge in [0.25, 0.3) is 0 Å². The average Bonchev–Trinajstić information content (AvgIpc) is 3.15. The number of rotatable bonds is 10. The zero-order valence-corrected chi connectivity index (χ0v) is 17.7. The molecule has 2 atom stereocenters. The summed E-state index contributed by atoms with van der Waals surface area (Å²) in [6.07, 6.45) is 5.70. The van der Waals surface area contributed by atoms with Gasteiger partial charge in [0.05, 0.1) is 6.04 Å². The van der Waals surface area contributed by atoms with Crippen LogP contribution in [0.5, 0.6) is 0 Å². The number of cyclic esters (lactones) is 1. The van der Waals surface area contributed by atoms with Gasteiger partial charge < -0.3 is 4.74 Å². The highest BCUT2D eigenvalue weighted by Crippen LogP contribution is 2.35. The number of benzene rings is 2. The fourth-order valence-corrected chi connectivity index (χ4v) is 4.27. The zero-order valence-electron chi connectivity index (χ0n) is 17.7.